The third-order valence-electron chi connectivity index (χ3n) is 1.62. The molecule has 64 valence electrons. The average molecular weight is 272 g/mol. The molecule has 1 aliphatic rings. The Hall–Kier alpha value is -0.291. The van der Waals surface area contributed by atoms with Gasteiger partial charge in [-0.2, -0.15) is 0 Å². The van der Waals surface area contributed by atoms with E-state index in [-0.39, 0.29) is 27.1 Å². The molecule has 0 saturated heterocycles. The molecule has 0 spiro atoms. The summed E-state index contributed by atoms with van der Waals surface area (Å²) in [6, 6.07) is -0.497. The normalized spacial score (nSPS) is 17.3. The Morgan fingerprint density at radius 2 is 2.58 bits per heavy atom. The molecule has 0 amide bonds. The summed E-state index contributed by atoms with van der Waals surface area (Å²) in [5.74, 6) is -0.332. The van der Waals surface area contributed by atoms with Crippen LogP contribution in [0.15, 0.2) is 19.8 Å². The van der Waals surface area contributed by atoms with Crippen molar-refractivity contribution in [1.82, 2.24) is 0 Å². The predicted octanol–water partition coefficient (Wildman–Crippen LogP) is -0.00780. The van der Waals surface area contributed by atoms with Gasteiger partial charge in [-0.25, -0.2) is 0 Å². The van der Waals surface area contributed by atoms with Crippen LogP contribution in [0.25, 0.3) is 0 Å². The summed E-state index contributed by atoms with van der Waals surface area (Å²) in [5, 5.41) is 0. The molecule has 0 bridgehead atoms. The summed E-state index contributed by atoms with van der Waals surface area (Å²) in [6.45, 7) is 0. The standard InChI is InChI=1S/C8H11NO2.Sn/c1-4-6(2)5-7(9)8(10)11-3;/h1-2,4,7H,5,9H2,3H3;. The zero-order chi connectivity index (χ0) is 8.97. The minimum absolute atomic E-state index is 0.332. The molecule has 1 heterocycles. The monoisotopic (exact) mass is 273 g/mol. The number of allylic oxidation sites excluding steroid dienone is 1. The zero-order valence-electron chi connectivity index (χ0n) is 6.91. The van der Waals surface area contributed by atoms with Gasteiger partial charge in [0.2, 0.25) is 0 Å². The number of carbonyl (C=O) groups excluding carboxylic acids is 1. The SMILES string of the molecule is COC(=O)C(N)CC1=[CH][Sn][CH]=C1. The van der Waals surface area contributed by atoms with Crippen LogP contribution in [0.5, 0.6) is 0 Å². The molecule has 1 aliphatic heterocycles. The van der Waals surface area contributed by atoms with E-state index in [9.17, 15) is 4.79 Å². The molecule has 0 fully saturated rings. The Balaban J connectivity index is 2.40. The van der Waals surface area contributed by atoms with Gasteiger partial charge >= 0.3 is 81.8 Å². The van der Waals surface area contributed by atoms with Gasteiger partial charge in [0.1, 0.15) is 0 Å². The first-order valence-electron chi connectivity index (χ1n) is 3.69. The second-order valence-electron chi connectivity index (χ2n) is 2.55. The Bertz CT molecular complexity index is 235. The van der Waals surface area contributed by atoms with Crippen molar-refractivity contribution in [1.29, 1.82) is 0 Å². The van der Waals surface area contributed by atoms with Gasteiger partial charge in [-0.05, 0) is 0 Å². The first-order valence-corrected chi connectivity index (χ1v) is 6.98. The van der Waals surface area contributed by atoms with Crippen LogP contribution < -0.4 is 5.73 Å². The molecule has 4 heteroatoms. The van der Waals surface area contributed by atoms with E-state index in [1.807, 2.05) is 0 Å². The Morgan fingerprint density at radius 1 is 1.83 bits per heavy atom. The Morgan fingerprint density at radius 3 is 3.08 bits per heavy atom. The summed E-state index contributed by atoms with van der Waals surface area (Å²) in [6.07, 6.45) is 2.68. The fourth-order valence-corrected chi connectivity index (χ4v) is 3.36. The molecule has 0 saturated carbocycles. The van der Waals surface area contributed by atoms with E-state index in [0.717, 1.165) is 0 Å². The molecule has 0 aromatic rings. The fraction of sp³-hybridized carbons (Fsp3) is 0.375. The van der Waals surface area contributed by atoms with Crippen LogP contribution >= 0.6 is 0 Å². The van der Waals surface area contributed by atoms with Gasteiger partial charge in [0.05, 0.1) is 0 Å². The van der Waals surface area contributed by atoms with E-state index >= 15 is 0 Å². The topological polar surface area (TPSA) is 52.3 Å². The van der Waals surface area contributed by atoms with E-state index < -0.39 is 6.04 Å². The molecule has 2 radical (unpaired) electrons. The number of methoxy groups -OCH3 is 1. The van der Waals surface area contributed by atoms with Crippen molar-refractivity contribution in [3.63, 3.8) is 0 Å². The van der Waals surface area contributed by atoms with Crippen molar-refractivity contribution in [3.8, 4) is 0 Å². The van der Waals surface area contributed by atoms with Crippen LogP contribution in [-0.2, 0) is 9.53 Å². The number of hydrogen-bond acceptors (Lipinski definition) is 3. The second-order valence-corrected chi connectivity index (χ2v) is 5.28. The van der Waals surface area contributed by atoms with Crippen molar-refractivity contribution < 1.29 is 9.53 Å². The van der Waals surface area contributed by atoms with Crippen molar-refractivity contribution in [2.24, 2.45) is 5.73 Å². The molecular formula is C8H11NO2Sn. The van der Waals surface area contributed by atoms with Crippen LogP contribution in [0.1, 0.15) is 6.42 Å². The average Bonchev–Trinajstić information content (AvgIpc) is 2.55. The van der Waals surface area contributed by atoms with Gasteiger partial charge in [0, 0.05) is 0 Å². The first kappa shape index (κ1) is 9.79. The maximum atomic E-state index is 10.9. The number of hydrogen-bond donors (Lipinski definition) is 1. The molecule has 1 rings (SSSR count). The first-order chi connectivity index (χ1) is 5.74. The van der Waals surface area contributed by atoms with E-state index in [0.29, 0.717) is 6.42 Å². The van der Waals surface area contributed by atoms with Crippen molar-refractivity contribution in [2.45, 2.75) is 12.5 Å². The molecule has 2 N–H and O–H groups in total. The van der Waals surface area contributed by atoms with Gasteiger partial charge in [0.15, 0.2) is 0 Å². The molecule has 12 heavy (non-hydrogen) atoms. The molecule has 1 atom stereocenters. The third kappa shape index (κ3) is 2.64. The van der Waals surface area contributed by atoms with Gasteiger partial charge < -0.3 is 0 Å². The van der Waals surface area contributed by atoms with Crippen molar-refractivity contribution in [3.05, 3.63) is 19.8 Å². The molecule has 0 aromatic heterocycles. The van der Waals surface area contributed by atoms with Gasteiger partial charge in [0.25, 0.3) is 0 Å². The number of esters is 1. The van der Waals surface area contributed by atoms with E-state index in [4.69, 9.17) is 5.73 Å². The zero-order valence-corrected chi connectivity index (χ0v) is 9.76. The van der Waals surface area contributed by atoms with Crippen LogP contribution in [-0.4, -0.2) is 40.3 Å². The van der Waals surface area contributed by atoms with Gasteiger partial charge in [-0.1, -0.05) is 0 Å². The predicted molar refractivity (Wildman–Crippen MR) is 47.6 cm³/mol. The third-order valence-corrected chi connectivity index (χ3v) is 4.18. The van der Waals surface area contributed by atoms with Crippen LogP contribution in [0, 0.1) is 0 Å². The summed E-state index contributed by atoms with van der Waals surface area (Å²) < 4.78 is 8.96. The summed E-state index contributed by atoms with van der Waals surface area (Å²) in [5.41, 5.74) is 6.77. The number of nitrogens with two attached hydrogens (primary N) is 1. The number of rotatable bonds is 3. The molecule has 1 unspecified atom stereocenters. The summed E-state index contributed by atoms with van der Waals surface area (Å²) in [4.78, 5) is 10.9. The van der Waals surface area contributed by atoms with Crippen LogP contribution in [0.4, 0.5) is 0 Å². The number of carbonyl (C=O) groups is 1. The van der Waals surface area contributed by atoms with E-state index in [2.05, 4.69) is 19.0 Å². The quantitative estimate of drug-likeness (QED) is 0.580. The second kappa shape index (κ2) is 4.67. The van der Waals surface area contributed by atoms with Crippen molar-refractivity contribution in [2.75, 3.05) is 7.11 Å². The molecule has 3 nitrogen and oxygen atoms in total. The Kier molecular flexibility index (Phi) is 3.81. The summed E-state index contributed by atoms with van der Waals surface area (Å²) >= 11 is -0.369. The summed E-state index contributed by atoms with van der Waals surface area (Å²) in [7, 11) is 1.36. The minimum atomic E-state index is -0.497. The van der Waals surface area contributed by atoms with E-state index in [1.165, 1.54) is 12.7 Å². The fourth-order valence-electron chi connectivity index (χ4n) is 0.974. The molecule has 0 aliphatic carbocycles. The van der Waals surface area contributed by atoms with Crippen LogP contribution in [0.2, 0.25) is 0 Å². The maximum absolute atomic E-state index is 10.9. The van der Waals surface area contributed by atoms with Crippen molar-refractivity contribution >= 4 is 27.1 Å². The van der Waals surface area contributed by atoms with Gasteiger partial charge in [-0.15, -0.1) is 0 Å². The Labute approximate surface area is 81.9 Å². The number of ether oxygens (including phenoxy) is 1. The molecular weight excluding hydrogens is 261 g/mol. The van der Waals surface area contributed by atoms with Crippen LogP contribution in [0.3, 0.4) is 0 Å². The van der Waals surface area contributed by atoms with Gasteiger partial charge in [-0.3, -0.25) is 0 Å². The van der Waals surface area contributed by atoms with E-state index in [1.54, 1.807) is 0 Å². The molecule has 0 aromatic carbocycles.